The second-order valence-corrected chi connectivity index (χ2v) is 12.4. The summed E-state index contributed by atoms with van der Waals surface area (Å²) in [7, 11) is 2.78. The van der Waals surface area contributed by atoms with Crippen molar-refractivity contribution >= 4 is 29.7 Å². The minimum absolute atomic E-state index is 0.00815. The van der Waals surface area contributed by atoms with Crippen LogP contribution in [0.5, 0.6) is 0 Å². The van der Waals surface area contributed by atoms with E-state index in [1.54, 1.807) is 81.4 Å². The second-order valence-electron chi connectivity index (χ2n) is 12.4. The predicted molar refractivity (Wildman–Crippen MR) is 170 cm³/mol. The van der Waals surface area contributed by atoms with Crippen LogP contribution in [0.25, 0.3) is 0 Å². The number of carbonyl (C=O) groups is 5. The van der Waals surface area contributed by atoms with Crippen LogP contribution in [0, 0.1) is 0 Å². The molecule has 3 rings (SSSR count). The number of rotatable bonds is 14. The number of methoxy groups -OCH3 is 2. The van der Waals surface area contributed by atoms with Crippen LogP contribution in [0.3, 0.4) is 0 Å². The van der Waals surface area contributed by atoms with E-state index in [1.165, 1.54) is 19.1 Å². The van der Waals surface area contributed by atoms with Crippen LogP contribution in [-0.4, -0.2) is 96.0 Å². The number of likely N-dealkylation sites (tertiary alicyclic amines) is 1. The van der Waals surface area contributed by atoms with Gasteiger partial charge in [-0.3, -0.25) is 19.2 Å². The smallest absolute Gasteiger partial charge is 0.408 e. The number of nitrogens with zero attached hydrogens (tertiary/aromatic N) is 1. The molecule has 256 valence electrons. The van der Waals surface area contributed by atoms with Gasteiger partial charge in [-0.25, -0.2) is 4.79 Å². The number of ether oxygens (including phenoxy) is 3. The van der Waals surface area contributed by atoms with Crippen LogP contribution in [0.2, 0.25) is 0 Å². The van der Waals surface area contributed by atoms with Crippen LogP contribution < -0.4 is 21.7 Å². The van der Waals surface area contributed by atoms with Crippen LogP contribution in [-0.2, 0) is 46.4 Å². The topological polar surface area (TPSA) is 199 Å². The Labute approximate surface area is 274 Å². The lowest BCUT2D eigenvalue weighted by Gasteiger charge is -2.32. The highest BCUT2D eigenvalue weighted by atomic mass is 16.7. The van der Waals surface area contributed by atoms with E-state index < -0.39 is 71.7 Å². The van der Waals surface area contributed by atoms with Crippen molar-refractivity contribution in [1.29, 1.82) is 0 Å². The Balaban J connectivity index is 1.85. The molecule has 0 spiro atoms. The molecule has 14 heteroatoms. The summed E-state index contributed by atoms with van der Waals surface area (Å²) >= 11 is 0. The number of nitrogens with one attached hydrogen (secondary N) is 3. The molecule has 0 bridgehead atoms. The maximum absolute atomic E-state index is 14.0. The van der Waals surface area contributed by atoms with Gasteiger partial charge in [0.05, 0.1) is 19.0 Å². The standard InChI is InChI=1S/C33H45N5O9/c1-32(2,3)37-29(42)25-18-33(45-4,46-5)20-38(25)30(43)27(40)23(16-21-12-8-6-9-13-21)35-28(41)24(17-26(34)39)36-31(44)47-19-22-14-10-7-11-15-22/h6-15,23-25,27,40H,16-20H2,1-5H3,(H2,34,39)(H,35,41)(H,36,44)(H,37,42). The maximum Gasteiger partial charge on any atom is 0.408 e. The van der Waals surface area contributed by atoms with Gasteiger partial charge < -0.3 is 45.9 Å². The van der Waals surface area contributed by atoms with E-state index in [4.69, 9.17) is 19.9 Å². The quantitative estimate of drug-likeness (QED) is 0.182. The van der Waals surface area contributed by atoms with Gasteiger partial charge in [-0.1, -0.05) is 60.7 Å². The van der Waals surface area contributed by atoms with Gasteiger partial charge in [-0.15, -0.1) is 0 Å². The minimum atomic E-state index is -1.87. The maximum atomic E-state index is 14.0. The molecule has 0 aromatic heterocycles. The Bertz CT molecular complexity index is 1380. The predicted octanol–water partition coefficient (Wildman–Crippen LogP) is 0.750. The van der Waals surface area contributed by atoms with Gasteiger partial charge in [-0.05, 0) is 38.3 Å². The van der Waals surface area contributed by atoms with Crippen LogP contribution >= 0.6 is 0 Å². The summed E-state index contributed by atoms with van der Waals surface area (Å²) in [6, 6.07) is 13.8. The highest BCUT2D eigenvalue weighted by Gasteiger charge is 2.52. The van der Waals surface area contributed by atoms with Crippen molar-refractivity contribution in [1.82, 2.24) is 20.9 Å². The van der Waals surface area contributed by atoms with Crippen molar-refractivity contribution in [2.75, 3.05) is 20.8 Å². The number of hydrogen-bond acceptors (Lipinski definition) is 9. The lowest BCUT2D eigenvalue weighted by atomic mass is 9.99. The number of hydrogen-bond donors (Lipinski definition) is 5. The van der Waals surface area contributed by atoms with Gasteiger partial charge in [-0.2, -0.15) is 0 Å². The third kappa shape index (κ3) is 10.8. The Morgan fingerprint density at radius 1 is 0.957 bits per heavy atom. The second kappa shape index (κ2) is 16.3. The molecule has 0 saturated carbocycles. The first-order valence-electron chi connectivity index (χ1n) is 15.2. The van der Waals surface area contributed by atoms with Gasteiger partial charge in [0.2, 0.25) is 17.7 Å². The molecule has 1 fully saturated rings. The first kappa shape index (κ1) is 36.9. The summed E-state index contributed by atoms with van der Waals surface area (Å²) in [5, 5.41) is 19.3. The summed E-state index contributed by atoms with van der Waals surface area (Å²) in [6.45, 7) is 5.11. The molecular formula is C33H45N5O9. The molecule has 4 unspecified atom stereocenters. The number of aliphatic hydroxyl groups excluding tert-OH is 1. The Kier molecular flexibility index (Phi) is 12.8. The van der Waals surface area contributed by atoms with Crippen molar-refractivity contribution in [2.45, 2.75) is 82.2 Å². The Morgan fingerprint density at radius 2 is 1.53 bits per heavy atom. The number of amides is 5. The van der Waals surface area contributed by atoms with Crippen molar-refractivity contribution in [3.63, 3.8) is 0 Å². The van der Waals surface area contributed by atoms with Crippen LogP contribution in [0.4, 0.5) is 4.79 Å². The van der Waals surface area contributed by atoms with Crippen molar-refractivity contribution in [3.8, 4) is 0 Å². The Hall–Kier alpha value is -4.53. The first-order valence-corrected chi connectivity index (χ1v) is 15.2. The molecule has 6 N–H and O–H groups in total. The molecule has 1 saturated heterocycles. The van der Waals surface area contributed by atoms with E-state index in [0.29, 0.717) is 11.1 Å². The van der Waals surface area contributed by atoms with Crippen molar-refractivity contribution < 1.29 is 43.3 Å². The van der Waals surface area contributed by atoms with Crippen molar-refractivity contribution in [3.05, 3.63) is 71.8 Å². The fourth-order valence-corrected chi connectivity index (χ4v) is 5.19. The molecule has 1 heterocycles. The molecule has 1 aliphatic rings. The summed E-state index contributed by atoms with van der Waals surface area (Å²) in [6.07, 6.45) is -3.46. The minimum Gasteiger partial charge on any atom is -0.445 e. The lowest BCUT2D eigenvalue weighted by molar-refractivity contribution is -0.197. The highest BCUT2D eigenvalue weighted by Crippen LogP contribution is 2.32. The summed E-state index contributed by atoms with van der Waals surface area (Å²) in [5.74, 6) is -4.43. The molecule has 2 aromatic carbocycles. The summed E-state index contributed by atoms with van der Waals surface area (Å²) in [5.41, 5.74) is 6.12. The molecule has 0 radical (unpaired) electrons. The number of aliphatic hydroxyl groups is 1. The van der Waals surface area contributed by atoms with E-state index >= 15 is 0 Å². The molecule has 1 aliphatic heterocycles. The average Bonchev–Trinajstić information content (AvgIpc) is 3.43. The van der Waals surface area contributed by atoms with Gasteiger partial charge in [0, 0.05) is 26.2 Å². The zero-order chi connectivity index (χ0) is 34.8. The van der Waals surface area contributed by atoms with E-state index in [0.717, 1.165) is 0 Å². The number of benzene rings is 2. The van der Waals surface area contributed by atoms with Crippen LogP contribution in [0.1, 0.15) is 44.7 Å². The van der Waals surface area contributed by atoms with E-state index in [1.807, 2.05) is 0 Å². The molecule has 5 amide bonds. The molecule has 0 aliphatic carbocycles. The number of primary amides is 1. The zero-order valence-corrected chi connectivity index (χ0v) is 27.4. The van der Waals surface area contributed by atoms with Crippen LogP contribution in [0.15, 0.2) is 60.7 Å². The van der Waals surface area contributed by atoms with Crippen molar-refractivity contribution in [2.24, 2.45) is 5.73 Å². The summed E-state index contributed by atoms with van der Waals surface area (Å²) < 4.78 is 16.3. The average molecular weight is 656 g/mol. The van der Waals surface area contributed by atoms with E-state index in [-0.39, 0.29) is 26.0 Å². The molecular weight excluding hydrogens is 610 g/mol. The molecule has 4 atom stereocenters. The molecule has 14 nitrogen and oxygen atoms in total. The number of carbonyl (C=O) groups excluding carboxylic acids is 5. The number of alkyl carbamates (subject to hydrolysis) is 1. The number of nitrogens with two attached hydrogens (primary N) is 1. The Morgan fingerprint density at radius 3 is 2.06 bits per heavy atom. The third-order valence-electron chi connectivity index (χ3n) is 7.61. The molecule has 47 heavy (non-hydrogen) atoms. The molecule has 2 aromatic rings. The lowest BCUT2D eigenvalue weighted by Crippen LogP contribution is -2.59. The summed E-state index contributed by atoms with van der Waals surface area (Å²) in [4.78, 5) is 66.5. The first-order chi connectivity index (χ1) is 22.2. The highest BCUT2D eigenvalue weighted by molar-refractivity contribution is 5.93. The normalized spacial score (nSPS) is 17.6. The van der Waals surface area contributed by atoms with Gasteiger partial charge >= 0.3 is 6.09 Å². The van der Waals surface area contributed by atoms with E-state index in [2.05, 4.69) is 16.0 Å². The largest absolute Gasteiger partial charge is 0.445 e. The monoisotopic (exact) mass is 655 g/mol. The van der Waals surface area contributed by atoms with Gasteiger partial charge in [0.1, 0.15) is 18.7 Å². The van der Waals surface area contributed by atoms with Gasteiger partial charge in [0.15, 0.2) is 11.9 Å². The SMILES string of the molecule is COC1(OC)CC(C(=O)NC(C)(C)C)N(C(=O)C(O)C(Cc2ccccc2)NC(=O)C(CC(N)=O)NC(=O)OCc2ccccc2)C1. The fourth-order valence-electron chi connectivity index (χ4n) is 5.19. The zero-order valence-electron chi connectivity index (χ0n) is 27.4. The van der Waals surface area contributed by atoms with E-state index in [9.17, 15) is 29.1 Å². The fraction of sp³-hybridized carbons (Fsp3) is 0.485. The van der Waals surface area contributed by atoms with Gasteiger partial charge in [0.25, 0.3) is 5.91 Å². The third-order valence-corrected chi connectivity index (χ3v) is 7.61.